The topological polar surface area (TPSA) is 101 Å². The summed E-state index contributed by atoms with van der Waals surface area (Å²) in [4.78, 5) is 6.25. The maximum absolute atomic E-state index is 11.8. The van der Waals surface area contributed by atoms with Gasteiger partial charge in [-0.3, -0.25) is 0 Å². The van der Waals surface area contributed by atoms with Gasteiger partial charge in [-0.1, -0.05) is 24.3 Å². The van der Waals surface area contributed by atoms with E-state index < -0.39 is 10.0 Å². The van der Waals surface area contributed by atoms with Gasteiger partial charge >= 0.3 is 0 Å². The van der Waals surface area contributed by atoms with Gasteiger partial charge in [0.05, 0.1) is 12.5 Å². The van der Waals surface area contributed by atoms with Crippen molar-refractivity contribution in [2.24, 2.45) is 5.73 Å². The lowest BCUT2D eigenvalue weighted by Crippen LogP contribution is -2.23. The van der Waals surface area contributed by atoms with Crippen LogP contribution < -0.4 is 10.5 Å². The van der Waals surface area contributed by atoms with Crippen LogP contribution in [0.5, 0.6) is 0 Å². The molecular formula is C12H16N4O2S. The fraction of sp³-hybridized carbons (Fsp3) is 0.250. The molecule has 0 aliphatic rings. The van der Waals surface area contributed by atoms with Crippen molar-refractivity contribution >= 4 is 10.0 Å². The van der Waals surface area contributed by atoms with Crippen LogP contribution in [0, 0.1) is 0 Å². The number of imidazole rings is 1. The molecule has 0 unspecified atom stereocenters. The van der Waals surface area contributed by atoms with E-state index in [1.165, 1.54) is 12.5 Å². The molecule has 1 heterocycles. The van der Waals surface area contributed by atoms with Gasteiger partial charge in [0, 0.05) is 6.54 Å². The van der Waals surface area contributed by atoms with E-state index in [0.29, 0.717) is 6.54 Å². The first-order chi connectivity index (χ1) is 9.12. The summed E-state index contributed by atoms with van der Waals surface area (Å²) in [7, 11) is -3.52. The van der Waals surface area contributed by atoms with E-state index in [9.17, 15) is 8.42 Å². The molecule has 6 nitrogen and oxygen atoms in total. The van der Waals surface area contributed by atoms with Crippen molar-refractivity contribution in [1.82, 2.24) is 14.7 Å². The summed E-state index contributed by atoms with van der Waals surface area (Å²) in [5.41, 5.74) is 7.50. The van der Waals surface area contributed by atoms with E-state index in [-0.39, 0.29) is 11.6 Å². The van der Waals surface area contributed by atoms with E-state index in [2.05, 4.69) is 14.7 Å². The van der Waals surface area contributed by atoms with Crippen LogP contribution >= 0.6 is 0 Å². The van der Waals surface area contributed by atoms with Crippen LogP contribution in [0.25, 0.3) is 0 Å². The number of aromatic nitrogens is 2. The van der Waals surface area contributed by atoms with E-state index >= 15 is 0 Å². The first kappa shape index (κ1) is 13.7. The van der Waals surface area contributed by atoms with Gasteiger partial charge in [-0.2, -0.15) is 0 Å². The Hall–Kier alpha value is -1.70. The second kappa shape index (κ2) is 5.96. The molecule has 0 fully saturated rings. The molecule has 0 aliphatic carbocycles. The molecule has 102 valence electrons. The molecule has 4 N–H and O–H groups in total. The summed E-state index contributed by atoms with van der Waals surface area (Å²) in [6.45, 7) is 0.843. The zero-order valence-corrected chi connectivity index (χ0v) is 11.2. The van der Waals surface area contributed by atoms with Gasteiger partial charge in [-0.05, 0) is 24.1 Å². The number of sulfonamides is 1. The van der Waals surface area contributed by atoms with Gasteiger partial charge < -0.3 is 10.7 Å². The molecule has 1 aromatic carbocycles. The monoisotopic (exact) mass is 280 g/mol. The summed E-state index contributed by atoms with van der Waals surface area (Å²) in [5, 5.41) is 0.0623. The lowest BCUT2D eigenvalue weighted by molar-refractivity contribution is 0.578. The molecule has 2 rings (SSSR count). The molecule has 2 aromatic rings. The second-order valence-corrected chi connectivity index (χ2v) is 5.83. The Bertz CT molecular complexity index is 606. The maximum atomic E-state index is 11.8. The van der Waals surface area contributed by atoms with Crippen molar-refractivity contribution < 1.29 is 8.42 Å². The average Bonchev–Trinajstić information content (AvgIpc) is 2.93. The number of H-pyrrole nitrogens is 1. The van der Waals surface area contributed by atoms with Crippen molar-refractivity contribution in [3.8, 4) is 0 Å². The molecule has 1 aromatic heterocycles. The van der Waals surface area contributed by atoms with Crippen molar-refractivity contribution in [2.45, 2.75) is 18.0 Å². The number of nitrogens with two attached hydrogens (primary N) is 1. The molecule has 7 heteroatoms. The number of nitrogens with zero attached hydrogens (tertiary/aromatic N) is 1. The van der Waals surface area contributed by atoms with Crippen LogP contribution in [0.1, 0.15) is 11.1 Å². The third-order valence-electron chi connectivity index (χ3n) is 2.68. The van der Waals surface area contributed by atoms with Crippen molar-refractivity contribution in [3.63, 3.8) is 0 Å². The standard InChI is InChI=1S/C12H16N4O2S/c13-6-5-10-1-3-11(4-2-10)7-16-19(17,18)12-8-14-9-15-12/h1-4,8-9,16H,5-7,13H2,(H,14,15). The van der Waals surface area contributed by atoms with Crippen molar-refractivity contribution in [2.75, 3.05) is 6.54 Å². The lowest BCUT2D eigenvalue weighted by atomic mass is 10.1. The summed E-state index contributed by atoms with van der Waals surface area (Å²) in [6, 6.07) is 7.68. The van der Waals surface area contributed by atoms with Crippen LogP contribution in [0.2, 0.25) is 0 Å². The van der Waals surface area contributed by atoms with E-state index in [1.807, 2.05) is 24.3 Å². The van der Waals surface area contributed by atoms with E-state index in [1.54, 1.807) is 0 Å². The first-order valence-electron chi connectivity index (χ1n) is 5.88. The van der Waals surface area contributed by atoms with Gasteiger partial charge in [-0.15, -0.1) is 0 Å². The molecule has 0 saturated heterocycles. The van der Waals surface area contributed by atoms with Gasteiger partial charge in [0.25, 0.3) is 10.0 Å². The van der Waals surface area contributed by atoms with Crippen molar-refractivity contribution in [3.05, 3.63) is 47.9 Å². The Kier molecular flexibility index (Phi) is 4.31. The lowest BCUT2D eigenvalue weighted by Gasteiger charge is -2.06. The van der Waals surface area contributed by atoms with Crippen molar-refractivity contribution in [1.29, 1.82) is 0 Å². The molecule has 0 atom stereocenters. The van der Waals surface area contributed by atoms with Gasteiger partial charge in [-0.25, -0.2) is 18.1 Å². The highest BCUT2D eigenvalue weighted by molar-refractivity contribution is 7.89. The number of hydrogen-bond donors (Lipinski definition) is 3. The number of benzene rings is 1. The van der Waals surface area contributed by atoms with E-state index in [4.69, 9.17) is 5.73 Å². The molecule has 0 bridgehead atoms. The predicted octanol–water partition coefficient (Wildman–Crippen LogP) is 0.389. The zero-order valence-electron chi connectivity index (χ0n) is 10.3. The third-order valence-corrected chi connectivity index (χ3v) is 4.01. The normalized spacial score (nSPS) is 11.6. The van der Waals surface area contributed by atoms with Gasteiger partial charge in [0.2, 0.25) is 0 Å². The fourth-order valence-electron chi connectivity index (χ4n) is 1.64. The minimum absolute atomic E-state index is 0.0623. The number of aromatic amines is 1. The first-order valence-corrected chi connectivity index (χ1v) is 7.36. The molecule has 0 spiro atoms. The summed E-state index contributed by atoms with van der Waals surface area (Å²) in [5.74, 6) is 0. The largest absolute Gasteiger partial charge is 0.335 e. The Morgan fingerprint density at radius 2 is 1.89 bits per heavy atom. The quantitative estimate of drug-likeness (QED) is 0.712. The highest BCUT2D eigenvalue weighted by Gasteiger charge is 2.14. The van der Waals surface area contributed by atoms with E-state index in [0.717, 1.165) is 17.5 Å². The smallest absolute Gasteiger partial charge is 0.257 e. The molecule has 0 saturated carbocycles. The van der Waals surface area contributed by atoms with Crippen LogP contribution in [0.15, 0.2) is 41.8 Å². The summed E-state index contributed by atoms with van der Waals surface area (Å²) in [6.07, 6.45) is 3.42. The Balaban J connectivity index is 1.99. The average molecular weight is 280 g/mol. The number of hydrogen-bond acceptors (Lipinski definition) is 4. The number of nitrogens with one attached hydrogen (secondary N) is 2. The highest BCUT2D eigenvalue weighted by atomic mass is 32.2. The molecule has 0 aliphatic heterocycles. The maximum Gasteiger partial charge on any atom is 0.257 e. The molecule has 19 heavy (non-hydrogen) atoms. The fourth-order valence-corrected chi connectivity index (χ4v) is 2.56. The summed E-state index contributed by atoms with van der Waals surface area (Å²) >= 11 is 0. The molecule has 0 radical (unpaired) electrons. The minimum atomic E-state index is -3.52. The van der Waals surface area contributed by atoms with Gasteiger partial charge in [0.15, 0.2) is 5.03 Å². The SMILES string of the molecule is NCCc1ccc(CNS(=O)(=O)c2cnc[nH]2)cc1. The Morgan fingerprint density at radius 1 is 1.21 bits per heavy atom. The molecule has 0 amide bonds. The Labute approximate surface area is 112 Å². The zero-order chi connectivity index (χ0) is 13.7. The third kappa shape index (κ3) is 3.63. The molecular weight excluding hydrogens is 264 g/mol. The van der Waals surface area contributed by atoms with Crippen LogP contribution in [-0.4, -0.2) is 24.9 Å². The second-order valence-electron chi connectivity index (χ2n) is 4.10. The Morgan fingerprint density at radius 3 is 2.47 bits per heavy atom. The van der Waals surface area contributed by atoms with Gasteiger partial charge in [0.1, 0.15) is 0 Å². The highest BCUT2D eigenvalue weighted by Crippen LogP contribution is 2.07. The van der Waals surface area contributed by atoms with Crippen LogP contribution in [0.4, 0.5) is 0 Å². The number of rotatable bonds is 6. The predicted molar refractivity (Wildman–Crippen MR) is 71.8 cm³/mol. The van der Waals surface area contributed by atoms with Crippen LogP contribution in [-0.2, 0) is 23.0 Å². The van der Waals surface area contributed by atoms with Crippen LogP contribution in [0.3, 0.4) is 0 Å². The minimum Gasteiger partial charge on any atom is -0.335 e. The summed E-state index contributed by atoms with van der Waals surface area (Å²) < 4.78 is 26.2.